The Morgan fingerprint density at radius 1 is 0.179 bits per heavy atom. The first-order valence-electron chi connectivity index (χ1n) is 36.8. The summed E-state index contributed by atoms with van der Waals surface area (Å²) in [5.41, 5.74) is 31.4. The third-order valence-electron chi connectivity index (χ3n) is 23.6. The van der Waals surface area contributed by atoms with Gasteiger partial charge < -0.3 is 19.6 Å². The molecule has 6 aliphatic rings. The molecule has 0 bridgehead atoms. The maximum atomic E-state index is 20.0. The molecule has 0 unspecified atom stereocenters. The van der Waals surface area contributed by atoms with Gasteiger partial charge >= 0.3 is 0 Å². The number of hydrogen-bond donors (Lipinski definition) is 0. The van der Waals surface area contributed by atoms with E-state index in [1.807, 2.05) is 0 Å². The summed E-state index contributed by atoms with van der Waals surface area (Å²) < 4.78 is 20.0. The highest BCUT2D eigenvalue weighted by molar-refractivity contribution is 8.21. The number of anilines is 12. The SMILES string of the molecule is O=S12(c3ccc(N4c5ccccc5B(c5ccccc5)c5ccccc54)cc3-c3cc(N4c5ccccc5B(c5ccccc5)c5ccccc54)ccc31)c1ccc(N3c4ccccc4B(c4ccccc4)c4ccccc43)cc1-c1cc(N3c4ccccc4B(c4ccccc4)c4ccccc43)ccc12. The minimum absolute atomic E-state index is 0.00829. The second-order valence-electron chi connectivity index (χ2n) is 28.9. The lowest BCUT2D eigenvalue weighted by Gasteiger charge is -2.41. The van der Waals surface area contributed by atoms with Crippen LogP contribution >= 0.6 is 0 Å². The molecule has 0 radical (unpaired) electrons. The normalized spacial score (nSPS) is 14.9. The predicted octanol–water partition coefficient (Wildman–Crippen LogP) is 15.2. The van der Waals surface area contributed by atoms with E-state index in [9.17, 15) is 0 Å². The second kappa shape index (κ2) is 23.3. The van der Waals surface area contributed by atoms with Crippen molar-refractivity contribution in [1.82, 2.24) is 0 Å². The summed E-state index contributed by atoms with van der Waals surface area (Å²) in [6, 6.07) is 143. The standard InChI is InChI=1S/C96H64B4N4OS/c105-106(93-57-53-69(101-85-45-21-13-37-77(85)97(65-29-5-1-6-30-65)78-38-14-22-46-86(78)101)61-73(93)74-62-70(54-58-94(74)106)102-87-47-23-15-39-79(87)98(66-31-7-2-8-32-66)80-40-16-24-48-88(80)102)95-59-55-71(103-89-49-25-17-41-81(89)99(67-33-9-3-10-34-67)82-42-18-26-50-90(82)103)63-75(95)76-64-72(56-60-96(76)106)104-91-51-27-19-43-83(91)100(68-35-11-4-12-36-68)84-44-20-28-52-92(84)104/h1-64H. The highest BCUT2D eigenvalue weighted by atomic mass is 32.3. The van der Waals surface area contributed by atoms with Gasteiger partial charge in [0.15, 0.2) is 0 Å². The van der Waals surface area contributed by atoms with Gasteiger partial charge in [-0.1, -0.05) is 289 Å². The quantitative estimate of drug-likeness (QED) is 0.142. The van der Waals surface area contributed by atoms with Crippen molar-refractivity contribution >= 4 is 170 Å². The number of fused-ring (bicyclic) bond motifs is 18. The molecule has 106 heavy (non-hydrogen) atoms. The van der Waals surface area contributed by atoms with Gasteiger partial charge in [0, 0.05) is 119 Å². The van der Waals surface area contributed by atoms with Crippen molar-refractivity contribution in [2.75, 3.05) is 19.6 Å². The zero-order valence-electron chi connectivity index (χ0n) is 57.9. The van der Waals surface area contributed by atoms with Crippen molar-refractivity contribution in [2.45, 2.75) is 19.6 Å². The van der Waals surface area contributed by atoms with E-state index in [1.165, 1.54) is 65.6 Å². The van der Waals surface area contributed by atoms with Crippen LogP contribution in [-0.4, -0.2) is 31.1 Å². The molecule has 5 nitrogen and oxygen atoms in total. The zero-order chi connectivity index (χ0) is 69.8. The number of rotatable bonds is 8. The van der Waals surface area contributed by atoms with Crippen LogP contribution in [0.15, 0.2) is 408 Å². The molecule has 16 aromatic rings. The molecule has 0 aromatic heterocycles. The maximum Gasteiger partial charge on any atom is 0.246 e. The Hall–Kier alpha value is -12.9. The van der Waals surface area contributed by atoms with Gasteiger partial charge in [-0.15, -0.1) is 0 Å². The monoisotopic (exact) mass is 1360 g/mol. The first-order chi connectivity index (χ1) is 52.5. The van der Waals surface area contributed by atoms with E-state index in [-0.39, 0.29) is 26.9 Å². The van der Waals surface area contributed by atoms with Crippen molar-refractivity contribution in [3.8, 4) is 22.3 Å². The maximum absolute atomic E-state index is 20.0. The lowest BCUT2D eigenvalue weighted by molar-refractivity contribution is 0.658. The molecule has 22 rings (SSSR count). The van der Waals surface area contributed by atoms with Crippen LogP contribution in [-0.2, 0) is 9.07 Å². The molecule has 6 heterocycles. The summed E-state index contributed by atoms with van der Waals surface area (Å²) in [6.07, 6.45) is 0. The molecule has 10 heteroatoms. The molecule has 0 N–H and O–H groups in total. The molecule has 492 valence electrons. The first kappa shape index (κ1) is 60.7. The lowest BCUT2D eigenvalue weighted by Crippen LogP contribution is -2.57. The van der Waals surface area contributed by atoms with Crippen LogP contribution in [0.4, 0.5) is 68.2 Å². The molecule has 0 aliphatic carbocycles. The Bertz CT molecular complexity index is 5430. The molecule has 0 fully saturated rings. The van der Waals surface area contributed by atoms with Crippen LogP contribution in [0.1, 0.15) is 0 Å². The summed E-state index contributed by atoms with van der Waals surface area (Å²) in [4.78, 5) is 13.0. The topological polar surface area (TPSA) is 30.0 Å². The van der Waals surface area contributed by atoms with Crippen molar-refractivity contribution in [3.63, 3.8) is 0 Å². The molecule has 0 amide bonds. The fourth-order valence-corrected chi connectivity index (χ4v) is 24.4. The fourth-order valence-electron chi connectivity index (χ4n) is 19.3. The smallest absolute Gasteiger partial charge is 0.246 e. The van der Waals surface area contributed by atoms with E-state index >= 15 is 4.21 Å². The molecule has 1 spiro atoms. The summed E-state index contributed by atoms with van der Waals surface area (Å²) in [6.45, 7) is 0.0332. The van der Waals surface area contributed by atoms with Crippen molar-refractivity contribution in [3.05, 3.63) is 388 Å². The van der Waals surface area contributed by atoms with E-state index < -0.39 is 9.07 Å². The van der Waals surface area contributed by atoms with Gasteiger partial charge in [-0.2, -0.15) is 0 Å². The average Bonchev–Trinajstić information content (AvgIpc) is 1.47. The molecular weight excluding hydrogens is 1300 g/mol. The van der Waals surface area contributed by atoms with Crippen LogP contribution in [0, 0.1) is 0 Å². The van der Waals surface area contributed by atoms with E-state index in [4.69, 9.17) is 0 Å². The highest BCUT2D eigenvalue weighted by Gasteiger charge is 2.59. The van der Waals surface area contributed by atoms with Crippen LogP contribution in [0.5, 0.6) is 0 Å². The Morgan fingerprint density at radius 3 is 0.519 bits per heavy atom. The Balaban J connectivity index is 0.812. The van der Waals surface area contributed by atoms with Gasteiger partial charge in [0.05, 0.1) is 0 Å². The molecular formula is C96H64B4N4OS. The highest BCUT2D eigenvalue weighted by Crippen LogP contribution is 2.72. The minimum Gasteiger partial charge on any atom is -0.311 e. The van der Waals surface area contributed by atoms with Crippen molar-refractivity contribution < 1.29 is 4.21 Å². The first-order valence-corrected chi connectivity index (χ1v) is 38.8. The minimum atomic E-state index is -4.70. The fraction of sp³-hybridized carbons (Fsp3) is 0. The summed E-state index contributed by atoms with van der Waals surface area (Å²) >= 11 is 0. The van der Waals surface area contributed by atoms with Gasteiger partial charge in [-0.25, -0.2) is 0 Å². The van der Waals surface area contributed by atoms with E-state index in [2.05, 4.69) is 408 Å². The Morgan fingerprint density at radius 2 is 0.340 bits per heavy atom. The predicted molar refractivity (Wildman–Crippen MR) is 448 cm³/mol. The van der Waals surface area contributed by atoms with Gasteiger partial charge in [0.2, 0.25) is 26.9 Å². The van der Waals surface area contributed by atoms with Crippen LogP contribution in [0.25, 0.3) is 22.3 Å². The Labute approximate surface area is 619 Å². The van der Waals surface area contributed by atoms with E-state index in [0.717, 1.165) is 110 Å². The lowest BCUT2D eigenvalue weighted by atomic mass is 9.35. The Kier molecular flexibility index (Phi) is 13.4. The van der Waals surface area contributed by atoms with Crippen LogP contribution < -0.4 is 85.2 Å². The average molecular weight is 1360 g/mol. The van der Waals surface area contributed by atoms with Gasteiger partial charge in [-0.05, 0) is 165 Å². The van der Waals surface area contributed by atoms with Gasteiger partial charge in [0.25, 0.3) is 0 Å². The van der Waals surface area contributed by atoms with Gasteiger partial charge in [-0.3, -0.25) is 4.21 Å². The molecule has 0 atom stereocenters. The third kappa shape index (κ3) is 8.50. The third-order valence-corrected chi connectivity index (χ3v) is 28.4. The van der Waals surface area contributed by atoms with Gasteiger partial charge in [0.1, 0.15) is 0 Å². The summed E-state index contributed by atoms with van der Waals surface area (Å²) in [5.74, 6) is 0. The van der Waals surface area contributed by atoms with Crippen molar-refractivity contribution in [1.29, 1.82) is 0 Å². The largest absolute Gasteiger partial charge is 0.311 e. The summed E-state index contributed by atoms with van der Waals surface area (Å²) in [7, 11) is -4.70. The zero-order valence-corrected chi connectivity index (χ0v) is 58.7. The molecule has 0 saturated carbocycles. The number of benzene rings is 16. The van der Waals surface area contributed by atoms with E-state index in [1.54, 1.807) is 0 Å². The molecule has 0 saturated heterocycles. The summed E-state index contributed by atoms with van der Waals surface area (Å²) in [5, 5.41) is 0. The molecule has 6 aliphatic heterocycles. The van der Waals surface area contributed by atoms with Crippen LogP contribution in [0.2, 0.25) is 0 Å². The number of nitrogens with zero attached hydrogens (tertiary/aromatic N) is 4. The number of para-hydroxylation sites is 8. The van der Waals surface area contributed by atoms with Crippen molar-refractivity contribution in [2.24, 2.45) is 0 Å². The van der Waals surface area contributed by atoms with Crippen LogP contribution in [0.3, 0.4) is 0 Å². The molecule has 16 aromatic carbocycles. The van der Waals surface area contributed by atoms with E-state index in [0.29, 0.717) is 0 Å². The second-order valence-corrected chi connectivity index (χ2v) is 32.5. The number of hydrogen-bond acceptors (Lipinski definition) is 5.